The molecule has 2 rings (SSSR count). The van der Waals surface area contributed by atoms with Gasteiger partial charge in [0.2, 0.25) is 0 Å². The highest BCUT2D eigenvalue weighted by Crippen LogP contribution is 2.55. The van der Waals surface area contributed by atoms with E-state index in [9.17, 15) is 22.5 Å². The van der Waals surface area contributed by atoms with Crippen LogP contribution in [0.25, 0.3) is 0 Å². The maximum absolute atomic E-state index is 14.3. The van der Waals surface area contributed by atoms with Crippen LogP contribution in [0.1, 0.15) is 57.9 Å². The van der Waals surface area contributed by atoms with Crippen molar-refractivity contribution in [2.45, 2.75) is 69.9 Å². The van der Waals surface area contributed by atoms with E-state index < -0.39 is 31.1 Å². The number of ether oxygens (including phenoxy) is 1. The largest absolute Gasteiger partial charge is 0.430 e. The Labute approximate surface area is 187 Å². The van der Waals surface area contributed by atoms with E-state index in [-0.39, 0.29) is 31.1 Å². The number of carbonyl (C=O) groups is 1. The van der Waals surface area contributed by atoms with Crippen molar-refractivity contribution in [3.63, 3.8) is 0 Å². The third-order valence-electron chi connectivity index (χ3n) is 5.78. The van der Waals surface area contributed by atoms with E-state index in [0.29, 0.717) is 0 Å². The second kappa shape index (κ2) is 11.6. The van der Waals surface area contributed by atoms with Crippen LogP contribution < -0.4 is 5.32 Å². The molecule has 0 saturated heterocycles. The first-order chi connectivity index (χ1) is 15.1. The molecule has 1 aliphatic carbocycles. The summed E-state index contributed by atoms with van der Waals surface area (Å²) < 4.78 is 72.1. The van der Waals surface area contributed by atoms with Crippen molar-refractivity contribution >= 4 is 13.5 Å². The highest BCUT2D eigenvalue weighted by atomic mass is 31.2. The normalized spacial score (nSPS) is 18.7. The lowest BCUT2D eigenvalue weighted by Gasteiger charge is -2.37. The van der Waals surface area contributed by atoms with E-state index >= 15 is 0 Å². The first-order valence-electron chi connectivity index (χ1n) is 11.0. The van der Waals surface area contributed by atoms with Crippen LogP contribution in [0.4, 0.5) is 13.2 Å². The van der Waals surface area contributed by atoms with Gasteiger partial charge in [0.05, 0.1) is 13.2 Å². The molecule has 1 aliphatic rings. The summed E-state index contributed by atoms with van der Waals surface area (Å²) in [5.74, 6) is -2.57. The van der Waals surface area contributed by atoms with Crippen molar-refractivity contribution in [3.05, 3.63) is 35.9 Å². The monoisotopic (exact) mass is 479 g/mol. The minimum absolute atomic E-state index is 0.0295. The first-order valence-corrected chi connectivity index (χ1v) is 12.6. The predicted molar refractivity (Wildman–Crippen MR) is 115 cm³/mol. The van der Waals surface area contributed by atoms with Gasteiger partial charge < -0.3 is 19.1 Å². The fraction of sp³-hybridized carbons (Fsp3) is 0.682. The number of benzene rings is 1. The van der Waals surface area contributed by atoms with E-state index in [1.165, 1.54) is 24.3 Å². The smallest absolute Gasteiger partial charge is 0.356 e. The summed E-state index contributed by atoms with van der Waals surface area (Å²) in [5, 5.41) is 2.37. The maximum Gasteiger partial charge on any atom is 0.430 e. The molecule has 1 aromatic rings. The number of methoxy groups -OCH3 is 1. The Bertz CT molecular complexity index is 761. The molecule has 1 N–H and O–H groups in total. The van der Waals surface area contributed by atoms with Crippen LogP contribution >= 0.6 is 7.60 Å². The van der Waals surface area contributed by atoms with Gasteiger partial charge in [0, 0.05) is 12.7 Å². The van der Waals surface area contributed by atoms with Gasteiger partial charge >= 0.3 is 13.8 Å². The molecule has 1 fully saturated rings. The van der Waals surface area contributed by atoms with Crippen molar-refractivity contribution in [1.82, 2.24) is 5.32 Å². The Morgan fingerprint density at radius 3 is 2.12 bits per heavy atom. The molecule has 0 aliphatic heterocycles. The molecule has 1 amide bonds. The van der Waals surface area contributed by atoms with Gasteiger partial charge in [0.25, 0.3) is 11.5 Å². The van der Waals surface area contributed by atoms with Crippen LogP contribution in [-0.4, -0.2) is 38.2 Å². The van der Waals surface area contributed by atoms with E-state index in [1.807, 2.05) is 0 Å². The number of alkyl halides is 3. The van der Waals surface area contributed by atoms with Crippen molar-refractivity contribution in [2.75, 3.05) is 20.3 Å². The molecule has 182 valence electrons. The molecule has 0 bridgehead atoms. The molecule has 1 aromatic carbocycles. The molecule has 32 heavy (non-hydrogen) atoms. The molecule has 0 radical (unpaired) electrons. The van der Waals surface area contributed by atoms with Gasteiger partial charge in [-0.05, 0) is 26.2 Å². The van der Waals surface area contributed by atoms with Crippen molar-refractivity contribution in [1.29, 1.82) is 0 Å². The zero-order valence-electron chi connectivity index (χ0n) is 18.8. The van der Waals surface area contributed by atoms with Crippen molar-refractivity contribution < 1.29 is 36.3 Å². The summed E-state index contributed by atoms with van der Waals surface area (Å²) in [6, 6.07) is 6.69. The maximum atomic E-state index is 14.3. The molecule has 2 atom stereocenters. The summed E-state index contributed by atoms with van der Waals surface area (Å²) >= 11 is 0. The summed E-state index contributed by atoms with van der Waals surface area (Å²) in [6.07, 6.45) is -0.132. The fourth-order valence-corrected chi connectivity index (χ4v) is 6.24. The summed E-state index contributed by atoms with van der Waals surface area (Å²) in [6.45, 7) is 3.29. The zero-order chi connectivity index (χ0) is 23.8. The number of nitrogens with one attached hydrogen (secondary N) is 1. The Morgan fingerprint density at radius 2 is 1.66 bits per heavy atom. The Morgan fingerprint density at radius 1 is 1.09 bits per heavy atom. The SMILES string of the molecule is CCOP(=O)(OCC)[C@@H](CC1CCCCC1)NC(=O)[C@@](OC)(c1ccccc1)C(F)(F)F. The molecular formula is C22H33F3NO5P. The molecular weight excluding hydrogens is 446 g/mol. The van der Waals surface area contributed by atoms with Crippen LogP contribution in [0.5, 0.6) is 0 Å². The fourth-order valence-electron chi connectivity index (χ4n) is 4.26. The average Bonchev–Trinajstić information content (AvgIpc) is 2.75. The molecule has 0 heterocycles. The molecule has 0 spiro atoms. The van der Waals surface area contributed by atoms with Crippen LogP contribution in [0.2, 0.25) is 0 Å². The Hall–Kier alpha value is -1.41. The minimum Gasteiger partial charge on any atom is -0.356 e. The summed E-state index contributed by atoms with van der Waals surface area (Å²) in [4.78, 5) is 13.3. The zero-order valence-corrected chi connectivity index (χ0v) is 19.7. The van der Waals surface area contributed by atoms with Gasteiger partial charge in [-0.1, -0.05) is 62.4 Å². The lowest BCUT2D eigenvalue weighted by Crippen LogP contribution is -2.57. The van der Waals surface area contributed by atoms with Crippen molar-refractivity contribution in [2.24, 2.45) is 5.92 Å². The predicted octanol–water partition coefficient (Wildman–Crippen LogP) is 5.77. The van der Waals surface area contributed by atoms with E-state index in [4.69, 9.17) is 13.8 Å². The highest BCUT2D eigenvalue weighted by Gasteiger charge is 2.63. The quantitative estimate of drug-likeness (QED) is 0.408. The van der Waals surface area contributed by atoms with E-state index in [1.54, 1.807) is 19.9 Å². The van der Waals surface area contributed by atoms with Crippen LogP contribution in [-0.2, 0) is 28.7 Å². The Balaban J connectivity index is 2.46. The molecule has 1 saturated carbocycles. The average molecular weight is 479 g/mol. The lowest BCUT2D eigenvalue weighted by atomic mass is 9.86. The van der Waals surface area contributed by atoms with Gasteiger partial charge in [0.15, 0.2) is 0 Å². The van der Waals surface area contributed by atoms with E-state index in [2.05, 4.69) is 5.32 Å². The van der Waals surface area contributed by atoms with Gasteiger partial charge in [-0.2, -0.15) is 13.2 Å². The second-order valence-corrected chi connectivity index (χ2v) is 10.1. The minimum atomic E-state index is -5.07. The van der Waals surface area contributed by atoms with Gasteiger partial charge in [-0.3, -0.25) is 9.36 Å². The standard InChI is InChI=1S/C22H33F3NO5P/c1-4-30-32(28,31-5-2)19(16-17-12-8-6-9-13-17)26-20(27)21(29-3,22(23,24)25)18-14-10-7-11-15-18/h7,10-11,14-15,17,19H,4-6,8-9,12-13,16H2,1-3H3,(H,26,27)/t19-,21-/m0/s1. The van der Waals surface area contributed by atoms with Crippen LogP contribution in [0.15, 0.2) is 30.3 Å². The van der Waals surface area contributed by atoms with Gasteiger partial charge in [-0.25, -0.2) is 0 Å². The summed E-state index contributed by atoms with van der Waals surface area (Å²) in [7, 11) is -3.09. The number of rotatable bonds is 11. The highest BCUT2D eigenvalue weighted by molar-refractivity contribution is 7.54. The van der Waals surface area contributed by atoms with E-state index in [0.717, 1.165) is 39.2 Å². The second-order valence-electron chi connectivity index (χ2n) is 7.85. The van der Waals surface area contributed by atoms with Crippen molar-refractivity contribution in [3.8, 4) is 0 Å². The lowest BCUT2D eigenvalue weighted by molar-refractivity contribution is -0.266. The van der Waals surface area contributed by atoms with Gasteiger partial charge in [-0.15, -0.1) is 0 Å². The molecule has 0 unspecified atom stereocenters. The number of hydrogen-bond acceptors (Lipinski definition) is 5. The van der Waals surface area contributed by atoms with Crippen LogP contribution in [0.3, 0.4) is 0 Å². The third kappa shape index (κ3) is 5.93. The van der Waals surface area contributed by atoms with Gasteiger partial charge in [0.1, 0.15) is 5.78 Å². The third-order valence-corrected chi connectivity index (χ3v) is 8.12. The first kappa shape index (κ1) is 26.8. The molecule has 0 aromatic heterocycles. The number of carbonyl (C=O) groups excluding carboxylic acids is 1. The number of hydrogen-bond donors (Lipinski definition) is 1. The molecule has 10 heteroatoms. The number of halogens is 3. The Kier molecular flexibility index (Phi) is 9.76. The number of amides is 1. The topological polar surface area (TPSA) is 73.9 Å². The van der Waals surface area contributed by atoms with Crippen LogP contribution in [0, 0.1) is 5.92 Å². The molecule has 6 nitrogen and oxygen atoms in total. The summed E-state index contributed by atoms with van der Waals surface area (Å²) in [5.41, 5.74) is -3.63.